The van der Waals surface area contributed by atoms with Crippen LogP contribution in [0.4, 0.5) is 14.5 Å². The second kappa shape index (κ2) is 5.41. The minimum Gasteiger partial charge on any atom is -0.325 e. The Balaban J connectivity index is 1.96. The van der Waals surface area contributed by atoms with Gasteiger partial charge in [-0.3, -0.25) is 4.79 Å². The first kappa shape index (κ1) is 12.9. The van der Waals surface area contributed by atoms with Crippen molar-refractivity contribution < 1.29 is 13.6 Å². The molecule has 1 fully saturated rings. The fourth-order valence-corrected chi connectivity index (χ4v) is 1.77. The highest BCUT2D eigenvalue weighted by molar-refractivity contribution is 5.95. The lowest BCUT2D eigenvalue weighted by Crippen LogP contribution is -2.57. The first-order chi connectivity index (χ1) is 8.56. The first-order valence-corrected chi connectivity index (χ1v) is 5.79. The maximum atomic E-state index is 13.0. The van der Waals surface area contributed by atoms with Crippen LogP contribution in [0.25, 0.3) is 0 Å². The Labute approximate surface area is 104 Å². The van der Waals surface area contributed by atoms with Gasteiger partial charge in [-0.1, -0.05) is 0 Å². The molecule has 1 aliphatic heterocycles. The lowest BCUT2D eigenvalue weighted by molar-refractivity contribution is -0.118. The zero-order valence-corrected chi connectivity index (χ0v) is 9.97. The van der Waals surface area contributed by atoms with Gasteiger partial charge in [-0.05, 0) is 19.1 Å². The topological polar surface area (TPSA) is 53.2 Å². The van der Waals surface area contributed by atoms with Crippen LogP contribution in [0.2, 0.25) is 0 Å². The van der Waals surface area contributed by atoms with Gasteiger partial charge >= 0.3 is 0 Å². The Morgan fingerprint density at radius 3 is 2.67 bits per heavy atom. The molecule has 1 heterocycles. The molecule has 0 aliphatic carbocycles. The van der Waals surface area contributed by atoms with Crippen molar-refractivity contribution in [2.75, 3.05) is 18.4 Å². The highest BCUT2D eigenvalue weighted by atomic mass is 19.2. The van der Waals surface area contributed by atoms with E-state index in [4.69, 9.17) is 0 Å². The Kier molecular flexibility index (Phi) is 3.88. The molecule has 1 saturated heterocycles. The van der Waals surface area contributed by atoms with Gasteiger partial charge in [-0.15, -0.1) is 0 Å². The summed E-state index contributed by atoms with van der Waals surface area (Å²) >= 11 is 0. The standard InChI is InChI=1S/C12H15F2N3O/c1-7-5-16-11(6-15-7)12(18)17-8-2-3-9(13)10(14)4-8/h2-4,7,11,15-16H,5-6H2,1H3,(H,17,18). The van der Waals surface area contributed by atoms with Gasteiger partial charge < -0.3 is 16.0 Å². The molecule has 2 rings (SSSR count). The van der Waals surface area contributed by atoms with Crippen molar-refractivity contribution in [3.63, 3.8) is 0 Å². The van der Waals surface area contributed by atoms with Crippen molar-refractivity contribution in [1.29, 1.82) is 0 Å². The molecule has 0 aromatic heterocycles. The average molecular weight is 255 g/mol. The van der Waals surface area contributed by atoms with Gasteiger partial charge in [0, 0.05) is 30.9 Å². The SMILES string of the molecule is CC1CNC(C(=O)Nc2ccc(F)c(F)c2)CN1. The molecule has 3 N–H and O–H groups in total. The quantitative estimate of drug-likeness (QED) is 0.734. The summed E-state index contributed by atoms with van der Waals surface area (Å²) in [6, 6.07) is 3.23. The molecule has 6 heteroatoms. The third-order valence-corrected chi connectivity index (χ3v) is 2.84. The number of anilines is 1. The zero-order chi connectivity index (χ0) is 13.1. The molecule has 0 saturated carbocycles. The maximum absolute atomic E-state index is 13.0. The Morgan fingerprint density at radius 2 is 2.06 bits per heavy atom. The van der Waals surface area contributed by atoms with Crippen LogP contribution in [-0.4, -0.2) is 31.1 Å². The lowest BCUT2D eigenvalue weighted by atomic mass is 10.1. The predicted molar refractivity (Wildman–Crippen MR) is 64.2 cm³/mol. The molecule has 1 aromatic carbocycles. The van der Waals surface area contributed by atoms with Gasteiger partial charge in [0.05, 0.1) is 6.04 Å². The number of amides is 1. The van der Waals surface area contributed by atoms with Crippen LogP contribution in [-0.2, 0) is 4.79 Å². The van der Waals surface area contributed by atoms with Crippen molar-refractivity contribution in [3.8, 4) is 0 Å². The zero-order valence-electron chi connectivity index (χ0n) is 9.97. The summed E-state index contributed by atoms with van der Waals surface area (Å²) < 4.78 is 25.7. The lowest BCUT2D eigenvalue weighted by Gasteiger charge is -2.28. The van der Waals surface area contributed by atoms with Crippen LogP contribution in [0.3, 0.4) is 0 Å². The van der Waals surface area contributed by atoms with Gasteiger partial charge in [0.15, 0.2) is 11.6 Å². The van der Waals surface area contributed by atoms with E-state index in [1.54, 1.807) is 0 Å². The monoisotopic (exact) mass is 255 g/mol. The number of halogens is 2. The highest BCUT2D eigenvalue weighted by Gasteiger charge is 2.23. The van der Waals surface area contributed by atoms with E-state index in [1.807, 2.05) is 6.92 Å². The molecular formula is C12H15F2N3O. The molecule has 0 spiro atoms. The summed E-state index contributed by atoms with van der Waals surface area (Å²) in [4.78, 5) is 11.8. The second-order valence-corrected chi connectivity index (χ2v) is 4.39. The number of carbonyl (C=O) groups is 1. The summed E-state index contributed by atoms with van der Waals surface area (Å²) in [6.45, 7) is 3.21. The van der Waals surface area contributed by atoms with E-state index in [0.717, 1.165) is 12.1 Å². The summed E-state index contributed by atoms with van der Waals surface area (Å²) in [5, 5.41) is 8.78. The molecule has 2 atom stereocenters. The van der Waals surface area contributed by atoms with E-state index in [2.05, 4.69) is 16.0 Å². The van der Waals surface area contributed by atoms with Crippen LogP contribution < -0.4 is 16.0 Å². The summed E-state index contributed by atoms with van der Waals surface area (Å²) in [7, 11) is 0. The van der Waals surface area contributed by atoms with E-state index >= 15 is 0 Å². The molecule has 1 aromatic rings. The van der Waals surface area contributed by atoms with Gasteiger partial charge in [0.1, 0.15) is 0 Å². The molecule has 2 unspecified atom stereocenters. The molecule has 98 valence electrons. The highest BCUT2D eigenvalue weighted by Crippen LogP contribution is 2.13. The van der Waals surface area contributed by atoms with E-state index < -0.39 is 11.6 Å². The number of benzene rings is 1. The van der Waals surface area contributed by atoms with Crippen molar-refractivity contribution in [1.82, 2.24) is 10.6 Å². The van der Waals surface area contributed by atoms with E-state index in [1.165, 1.54) is 6.07 Å². The molecule has 18 heavy (non-hydrogen) atoms. The number of hydrogen-bond donors (Lipinski definition) is 3. The second-order valence-electron chi connectivity index (χ2n) is 4.39. The van der Waals surface area contributed by atoms with Gasteiger partial charge in [0.25, 0.3) is 0 Å². The van der Waals surface area contributed by atoms with Gasteiger partial charge in [-0.2, -0.15) is 0 Å². The average Bonchev–Trinajstić information content (AvgIpc) is 2.34. The number of nitrogens with one attached hydrogen (secondary N) is 3. The molecule has 4 nitrogen and oxygen atoms in total. The largest absolute Gasteiger partial charge is 0.325 e. The van der Waals surface area contributed by atoms with Crippen LogP contribution in [0.1, 0.15) is 6.92 Å². The predicted octanol–water partition coefficient (Wildman–Crippen LogP) is 0.853. The van der Waals surface area contributed by atoms with Crippen molar-refractivity contribution in [3.05, 3.63) is 29.8 Å². The molecule has 1 aliphatic rings. The Bertz CT molecular complexity index is 445. The molecule has 1 amide bonds. The van der Waals surface area contributed by atoms with Crippen LogP contribution in [0.5, 0.6) is 0 Å². The molecule has 0 radical (unpaired) electrons. The van der Waals surface area contributed by atoms with Gasteiger partial charge in [0.2, 0.25) is 5.91 Å². The fourth-order valence-electron chi connectivity index (χ4n) is 1.77. The number of hydrogen-bond acceptors (Lipinski definition) is 3. The van der Waals surface area contributed by atoms with Crippen molar-refractivity contribution in [2.24, 2.45) is 0 Å². The molecular weight excluding hydrogens is 240 g/mol. The first-order valence-electron chi connectivity index (χ1n) is 5.79. The minimum absolute atomic E-state index is 0.249. The normalized spacial score (nSPS) is 23.7. The minimum atomic E-state index is -0.976. The van der Waals surface area contributed by atoms with Crippen molar-refractivity contribution in [2.45, 2.75) is 19.0 Å². The molecule has 0 bridgehead atoms. The van der Waals surface area contributed by atoms with Crippen LogP contribution in [0.15, 0.2) is 18.2 Å². The van der Waals surface area contributed by atoms with E-state index in [-0.39, 0.29) is 17.6 Å². The van der Waals surface area contributed by atoms with Crippen molar-refractivity contribution >= 4 is 11.6 Å². The van der Waals surface area contributed by atoms with Crippen LogP contribution >= 0.6 is 0 Å². The number of rotatable bonds is 2. The smallest absolute Gasteiger partial charge is 0.242 e. The summed E-state index contributed by atoms with van der Waals surface area (Å²) in [5.41, 5.74) is 0.249. The summed E-state index contributed by atoms with van der Waals surface area (Å²) in [6.07, 6.45) is 0. The van der Waals surface area contributed by atoms with Crippen LogP contribution in [0, 0.1) is 11.6 Å². The fraction of sp³-hybridized carbons (Fsp3) is 0.417. The third-order valence-electron chi connectivity index (χ3n) is 2.84. The maximum Gasteiger partial charge on any atom is 0.242 e. The third kappa shape index (κ3) is 3.02. The summed E-state index contributed by atoms with van der Waals surface area (Å²) in [5.74, 6) is -2.17. The number of piperazine rings is 1. The Morgan fingerprint density at radius 1 is 1.28 bits per heavy atom. The van der Waals surface area contributed by atoms with E-state index in [9.17, 15) is 13.6 Å². The van der Waals surface area contributed by atoms with Gasteiger partial charge in [-0.25, -0.2) is 8.78 Å². The Hall–Kier alpha value is -1.53. The van der Waals surface area contributed by atoms with E-state index in [0.29, 0.717) is 19.1 Å². The number of carbonyl (C=O) groups excluding carboxylic acids is 1.